The summed E-state index contributed by atoms with van der Waals surface area (Å²) >= 11 is 1.73. The van der Waals surface area contributed by atoms with Gasteiger partial charge in [-0.15, -0.1) is 11.3 Å². The average molecular weight is 413 g/mol. The second kappa shape index (κ2) is 8.36. The van der Waals surface area contributed by atoms with Crippen LogP contribution in [-0.4, -0.2) is 62.7 Å². The van der Waals surface area contributed by atoms with Crippen LogP contribution in [0.15, 0.2) is 48.0 Å². The molecule has 0 bridgehead atoms. The lowest BCUT2D eigenvalue weighted by molar-refractivity contribution is -0.144. The number of para-hydroxylation sites is 1. The fourth-order valence-corrected chi connectivity index (χ4v) is 4.80. The summed E-state index contributed by atoms with van der Waals surface area (Å²) < 4.78 is 1.62. The molecule has 0 radical (unpaired) electrons. The molecular weight excluding hydrogens is 390 g/mol. The van der Waals surface area contributed by atoms with Gasteiger partial charge in [0.25, 0.3) is 0 Å². The second-order valence-electron chi connectivity index (χ2n) is 7.26. The van der Waals surface area contributed by atoms with Gasteiger partial charge in [-0.3, -0.25) is 19.4 Å². The molecule has 0 spiro atoms. The Balaban J connectivity index is 1.57. The number of carbonyl (C=O) groups is 2. The first-order chi connectivity index (χ1) is 14.0. The number of aliphatic carboxylic acids is 2. The van der Waals surface area contributed by atoms with Gasteiger partial charge in [0, 0.05) is 60.3 Å². The molecule has 2 aromatic heterocycles. The van der Waals surface area contributed by atoms with E-state index in [1.165, 1.54) is 4.88 Å². The number of thiophene rings is 1. The van der Waals surface area contributed by atoms with Crippen LogP contribution in [0.3, 0.4) is 0 Å². The summed E-state index contributed by atoms with van der Waals surface area (Å²) in [6, 6.07) is 10.8. The van der Waals surface area contributed by atoms with Crippen LogP contribution in [0.5, 0.6) is 0 Å². The van der Waals surface area contributed by atoms with Gasteiger partial charge in [-0.2, -0.15) is 0 Å². The standard InChI is InChI=1S/C21H23N3O4S/c25-19(26)14-24-13-17(16-5-1-2-6-18(16)24)20(21(27)28)23-9-7-22(8-10-23)12-15-4-3-11-29-15/h1-6,11,13,20H,7-10,12,14H2,(H,25,26)(H,27,28)/t20-/m0/s1. The van der Waals surface area contributed by atoms with E-state index in [0.29, 0.717) is 18.7 Å². The normalized spacial score (nSPS) is 16.8. The number of rotatable bonds is 7. The predicted octanol–water partition coefficient (Wildman–Crippen LogP) is 2.73. The topological polar surface area (TPSA) is 86.0 Å². The van der Waals surface area contributed by atoms with Crippen LogP contribution in [-0.2, 0) is 22.7 Å². The summed E-state index contributed by atoms with van der Waals surface area (Å²) in [6.07, 6.45) is 1.69. The van der Waals surface area contributed by atoms with Crippen LogP contribution in [0.25, 0.3) is 10.9 Å². The van der Waals surface area contributed by atoms with E-state index in [1.807, 2.05) is 35.2 Å². The Kier molecular flexibility index (Phi) is 5.66. The van der Waals surface area contributed by atoms with Crippen molar-refractivity contribution in [3.8, 4) is 0 Å². The van der Waals surface area contributed by atoms with Crippen LogP contribution >= 0.6 is 11.3 Å². The average Bonchev–Trinajstić information content (AvgIpc) is 3.32. The minimum Gasteiger partial charge on any atom is -0.480 e. The molecule has 4 rings (SSSR count). The smallest absolute Gasteiger partial charge is 0.325 e. The third-order valence-electron chi connectivity index (χ3n) is 5.39. The van der Waals surface area contributed by atoms with Gasteiger partial charge in [0.05, 0.1) is 0 Å². The maximum absolute atomic E-state index is 12.2. The SMILES string of the molecule is O=C(O)Cn1cc([C@@H](C(=O)O)N2CCN(Cc3cccs3)CC2)c2ccccc21. The van der Waals surface area contributed by atoms with Crippen LogP contribution in [0, 0.1) is 0 Å². The lowest BCUT2D eigenvalue weighted by Crippen LogP contribution is -2.48. The predicted molar refractivity (Wildman–Crippen MR) is 111 cm³/mol. The Morgan fingerprint density at radius 3 is 2.45 bits per heavy atom. The third kappa shape index (κ3) is 4.19. The van der Waals surface area contributed by atoms with Crippen molar-refractivity contribution < 1.29 is 19.8 Å². The van der Waals surface area contributed by atoms with Gasteiger partial charge < -0.3 is 14.8 Å². The molecule has 2 N–H and O–H groups in total. The lowest BCUT2D eigenvalue weighted by atomic mass is 10.0. The number of carboxylic acid groups (broad SMARTS) is 2. The van der Waals surface area contributed by atoms with E-state index in [4.69, 9.17) is 0 Å². The van der Waals surface area contributed by atoms with E-state index >= 15 is 0 Å². The van der Waals surface area contributed by atoms with E-state index in [2.05, 4.69) is 16.3 Å². The van der Waals surface area contributed by atoms with Crippen molar-refractivity contribution in [3.05, 3.63) is 58.4 Å². The van der Waals surface area contributed by atoms with E-state index in [9.17, 15) is 19.8 Å². The molecule has 152 valence electrons. The van der Waals surface area contributed by atoms with Crippen LogP contribution < -0.4 is 0 Å². The molecule has 1 aliphatic heterocycles. The number of fused-ring (bicyclic) bond motifs is 1. The second-order valence-corrected chi connectivity index (χ2v) is 8.29. The van der Waals surface area contributed by atoms with Crippen LogP contribution in [0.2, 0.25) is 0 Å². The number of piperazine rings is 1. The summed E-state index contributed by atoms with van der Waals surface area (Å²) in [5.74, 6) is -1.86. The van der Waals surface area contributed by atoms with Gasteiger partial charge in [0.1, 0.15) is 12.6 Å². The van der Waals surface area contributed by atoms with Crippen molar-refractivity contribution >= 4 is 34.2 Å². The van der Waals surface area contributed by atoms with Gasteiger partial charge in [0.2, 0.25) is 0 Å². The Morgan fingerprint density at radius 1 is 1.03 bits per heavy atom. The summed E-state index contributed by atoms with van der Waals surface area (Å²) in [6.45, 7) is 3.61. The first-order valence-corrected chi connectivity index (χ1v) is 10.4. The molecular formula is C21H23N3O4S. The molecule has 1 saturated heterocycles. The highest BCUT2D eigenvalue weighted by atomic mass is 32.1. The highest BCUT2D eigenvalue weighted by Gasteiger charge is 2.32. The van der Waals surface area contributed by atoms with Gasteiger partial charge in [-0.25, -0.2) is 0 Å². The van der Waals surface area contributed by atoms with Gasteiger partial charge in [0.15, 0.2) is 0 Å². The summed E-state index contributed by atoms with van der Waals surface area (Å²) in [5.41, 5.74) is 1.40. The molecule has 0 amide bonds. The highest BCUT2D eigenvalue weighted by Crippen LogP contribution is 2.31. The minimum absolute atomic E-state index is 0.193. The Bertz CT molecular complexity index is 1010. The van der Waals surface area contributed by atoms with Crippen LogP contribution in [0.1, 0.15) is 16.5 Å². The van der Waals surface area contributed by atoms with Crippen molar-refractivity contribution in [2.45, 2.75) is 19.1 Å². The molecule has 1 aromatic carbocycles. The Morgan fingerprint density at radius 2 is 1.79 bits per heavy atom. The molecule has 0 unspecified atom stereocenters. The fourth-order valence-electron chi connectivity index (χ4n) is 4.06. The number of nitrogens with zero attached hydrogens (tertiary/aromatic N) is 3. The maximum Gasteiger partial charge on any atom is 0.325 e. The highest BCUT2D eigenvalue weighted by molar-refractivity contribution is 7.09. The summed E-state index contributed by atoms with van der Waals surface area (Å²) in [4.78, 5) is 29.1. The van der Waals surface area contributed by atoms with Crippen LogP contribution in [0.4, 0.5) is 0 Å². The number of carboxylic acids is 2. The minimum atomic E-state index is -0.952. The molecule has 3 heterocycles. The van der Waals surface area contributed by atoms with Crippen molar-refractivity contribution in [2.24, 2.45) is 0 Å². The zero-order valence-electron chi connectivity index (χ0n) is 15.9. The number of aromatic nitrogens is 1. The summed E-state index contributed by atoms with van der Waals surface area (Å²) in [7, 11) is 0. The van der Waals surface area contributed by atoms with Crippen molar-refractivity contribution in [1.29, 1.82) is 0 Å². The number of hydrogen-bond acceptors (Lipinski definition) is 5. The molecule has 8 heteroatoms. The molecule has 1 fully saturated rings. The fraction of sp³-hybridized carbons (Fsp3) is 0.333. The number of hydrogen-bond donors (Lipinski definition) is 2. The van der Waals surface area contributed by atoms with Gasteiger partial charge >= 0.3 is 11.9 Å². The summed E-state index contributed by atoms with van der Waals surface area (Å²) in [5, 5.41) is 22.1. The Hall–Kier alpha value is -2.68. The monoisotopic (exact) mass is 413 g/mol. The van der Waals surface area contributed by atoms with E-state index < -0.39 is 18.0 Å². The maximum atomic E-state index is 12.2. The molecule has 1 atom stereocenters. The van der Waals surface area contributed by atoms with E-state index in [-0.39, 0.29) is 6.54 Å². The largest absolute Gasteiger partial charge is 0.480 e. The zero-order chi connectivity index (χ0) is 20.4. The molecule has 29 heavy (non-hydrogen) atoms. The van der Waals surface area contributed by atoms with Crippen molar-refractivity contribution in [3.63, 3.8) is 0 Å². The quantitative estimate of drug-likeness (QED) is 0.620. The van der Waals surface area contributed by atoms with Crippen molar-refractivity contribution in [1.82, 2.24) is 14.4 Å². The van der Waals surface area contributed by atoms with Crippen molar-refractivity contribution in [2.75, 3.05) is 26.2 Å². The van der Waals surface area contributed by atoms with Gasteiger partial charge in [-0.05, 0) is 17.5 Å². The van der Waals surface area contributed by atoms with E-state index in [1.54, 1.807) is 22.1 Å². The Labute approximate surface area is 172 Å². The van der Waals surface area contributed by atoms with Gasteiger partial charge in [-0.1, -0.05) is 24.3 Å². The zero-order valence-corrected chi connectivity index (χ0v) is 16.7. The molecule has 1 aliphatic rings. The first-order valence-electron chi connectivity index (χ1n) is 9.54. The molecule has 3 aromatic rings. The number of benzene rings is 1. The lowest BCUT2D eigenvalue weighted by Gasteiger charge is -2.37. The molecule has 0 aliphatic carbocycles. The molecule has 0 saturated carbocycles. The molecule has 7 nitrogen and oxygen atoms in total. The first kappa shape index (κ1) is 19.6. The third-order valence-corrected chi connectivity index (χ3v) is 6.25. The van der Waals surface area contributed by atoms with E-state index in [0.717, 1.165) is 30.5 Å².